The molecule has 1 amide bonds. The molecule has 0 aliphatic rings. The molecule has 0 atom stereocenters. The van der Waals surface area contributed by atoms with E-state index in [1.54, 1.807) is 29.8 Å². The van der Waals surface area contributed by atoms with Gasteiger partial charge in [0.2, 0.25) is 0 Å². The van der Waals surface area contributed by atoms with Gasteiger partial charge >= 0.3 is 0 Å². The van der Waals surface area contributed by atoms with E-state index in [4.69, 9.17) is 0 Å². The highest BCUT2D eigenvalue weighted by molar-refractivity contribution is 7.21. The fourth-order valence-corrected chi connectivity index (χ4v) is 3.92. The lowest BCUT2D eigenvalue weighted by atomic mass is 10.2. The van der Waals surface area contributed by atoms with Gasteiger partial charge in [0.25, 0.3) is 5.91 Å². The number of nitrogens with one attached hydrogen (secondary N) is 1. The first kappa shape index (κ1) is 15.7. The molecule has 5 aromatic rings. The van der Waals surface area contributed by atoms with Crippen molar-refractivity contribution < 1.29 is 4.79 Å². The van der Waals surface area contributed by atoms with Crippen LogP contribution in [0.25, 0.3) is 26.4 Å². The first-order valence-electron chi connectivity index (χ1n) is 8.46. The van der Waals surface area contributed by atoms with Gasteiger partial charge < -0.3 is 9.72 Å². The van der Waals surface area contributed by atoms with E-state index < -0.39 is 0 Å². The second kappa shape index (κ2) is 6.34. The van der Waals surface area contributed by atoms with Gasteiger partial charge in [-0.25, -0.2) is 9.97 Å². The van der Waals surface area contributed by atoms with E-state index in [9.17, 15) is 4.79 Å². The number of fused-ring (bicyclic) bond motifs is 2. The summed E-state index contributed by atoms with van der Waals surface area (Å²) in [7, 11) is 0. The molecule has 5 nitrogen and oxygen atoms in total. The maximum atomic E-state index is 12.5. The lowest BCUT2D eigenvalue weighted by molar-refractivity contribution is 0.102. The maximum Gasteiger partial charge on any atom is 0.257 e. The van der Waals surface area contributed by atoms with Crippen molar-refractivity contribution in [1.29, 1.82) is 0 Å². The normalized spacial score (nSPS) is 11.1. The molecule has 0 aliphatic carbocycles. The van der Waals surface area contributed by atoms with Gasteiger partial charge in [0.05, 0.1) is 15.8 Å². The Morgan fingerprint density at radius 1 is 1.00 bits per heavy atom. The molecule has 0 fully saturated rings. The number of thiazole rings is 1. The van der Waals surface area contributed by atoms with Crippen molar-refractivity contribution in [3.63, 3.8) is 0 Å². The molecule has 3 aromatic heterocycles. The monoisotopic (exact) mass is 370 g/mol. The number of amides is 1. The summed E-state index contributed by atoms with van der Waals surface area (Å²) in [5.74, 6) is -0.154. The molecule has 0 spiro atoms. The third-order valence-corrected chi connectivity index (χ3v) is 5.42. The van der Waals surface area contributed by atoms with E-state index in [-0.39, 0.29) is 5.91 Å². The van der Waals surface area contributed by atoms with Crippen LogP contribution in [0.5, 0.6) is 0 Å². The second-order valence-corrected chi connectivity index (χ2v) is 7.16. The Kier molecular flexibility index (Phi) is 3.69. The number of nitrogens with zero attached hydrogens (tertiary/aromatic N) is 3. The Hall–Kier alpha value is -3.51. The number of para-hydroxylation sites is 1. The summed E-state index contributed by atoms with van der Waals surface area (Å²) in [4.78, 5) is 21.3. The fourth-order valence-electron chi connectivity index (χ4n) is 2.95. The Labute approximate surface area is 159 Å². The predicted molar refractivity (Wildman–Crippen MR) is 108 cm³/mol. The standard InChI is InChI=1S/C21H14N4OS/c26-20(15-7-10-19-22-11-12-25(19)13-15)23-16-8-5-14(6-9-16)21-24-17-3-1-2-4-18(17)27-21/h1-13H,(H,23,26). The summed E-state index contributed by atoms with van der Waals surface area (Å²) < 4.78 is 2.99. The average Bonchev–Trinajstić information content (AvgIpc) is 3.34. The highest BCUT2D eigenvalue weighted by Gasteiger charge is 2.09. The van der Waals surface area contributed by atoms with Crippen LogP contribution >= 0.6 is 11.3 Å². The molecule has 3 heterocycles. The molecule has 0 aliphatic heterocycles. The zero-order chi connectivity index (χ0) is 18.2. The number of benzene rings is 2. The first-order chi connectivity index (χ1) is 13.3. The third-order valence-electron chi connectivity index (χ3n) is 4.33. The van der Waals surface area contributed by atoms with E-state index in [2.05, 4.69) is 21.4 Å². The smallest absolute Gasteiger partial charge is 0.257 e. The number of hydrogen-bond donors (Lipinski definition) is 1. The zero-order valence-electron chi connectivity index (χ0n) is 14.2. The molecular weight excluding hydrogens is 356 g/mol. The Morgan fingerprint density at radius 3 is 2.70 bits per heavy atom. The minimum Gasteiger partial charge on any atom is -0.322 e. The molecule has 5 rings (SSSR count). The lowest BCUT2D eigenvalue weighted by Gasteiger charge is -2.06. The zero-order valence-corrected chi connectivity index (χ0v) is 15.0. The van der Waals surface area contributed by atoms with E-state index >= 15 is 0 Å². The molecule has 0 saturated heterocycles. The van der Waals surface area contributed by atoms with Gasteiger partial charge in [-0.15, -0.1) is 11.3 Å². The minimum atomic E-state index is -0.154. The number of imidazole rings is 1. The van der Waals surface area contributed by atoms with Crippen LogP contribution in [0.2, 0.25) is 0 Å². The summed E-state index contributed by atoms with van der Waals surface area (Å²) in [5.41, 5.74) is 4.18. The predicted octanol–water partition coefficient (Wildman–Crippen LogP) is 4.86. The van der Waals surface area contributed by atoms with Gasteiger partial charge in [-0.1, -0.05) is 12.1 Å². The van der Waals surface area contributed by atoms with Gasteiger partial charge in [0.1, 0.15) is 10.7 Å². The van der Waals surface area contributed by atoms with Crippen molar-refractivity contribution in [1.82, 2.24) is 14.4 Å². The molecule has 130 valence electrons. The van der Waals surface area contributed by atoms with Crippen LogP contribution in [0.4, 0.5) is 5.69 Å². The highest BCUT2D eigenvalue weighted by atomic mass is 32.1. The van der Waals surface area contributed by atoms with Crippen molar-refractivity contribution in [3.8, 4) is 10.6 Å². The van der Waals surface area contributed by atoms with Crippen LogP contribution in [-0.4, -0.2) is 20.3 Å². The van der Waals surface area contributed by atoms with Gasteiger partial charge in [0, 0.05) is 29.8 Å². The molecule has 1 N–H and O–H groups in total. The van der Waals surface area contributed by atoms with Gasteiger partial charge in [-0.2, -0.15) is 0 Å². The second-order valence-electron chi connectivity index (χ2n) is 6.13. The third kappa shape index (κ3) is 2.96. The Balaban J connectivity index is 1.37. The first-order valence-corrected chi connectivity index (χ1v) is 9.28. The fraction of sp³-hybridized carbons (Fsp3) is 0. The van der Waals surface area contributed by atoms with Crippen molar-refractivity contribution in [3.05, 3.63) is 84.8 Å². The molecule has 27 heavy (non-hydrogen) atoms. The largest absolute Gasteiger partial charge is 0.322 e. The maximum absolute atomic E-state index is 12.5. The van der Waals surface area contributed by atoms with E-state index in [1.165, 1.54) is 4.70 Å². The van der Waals surface area contributed by atoms with Gasteiger partial charge in [-0.3, -0.25) is 4.79 Å². The van der Waals surface area contributed by atoms with Crippen molar-refractivity contribution in [2.24, 2.45) is 0 Å². The lowest BCUT2D eigenvalue weighted by Crippen LogP contribution is -2.12. The number of carbonyl (C=O) groups excluding carboxylic acids is 1. The molecule has 0 bridgehead atoms. The summed E-state index contributed by atoms with van der Waals surface area (Å²) in [6, 6.07) is 19.4. The van der Waals surface area contributed by atoms with Crippen molar-refractivity contribution in [2.75, 3.05) is 5.32 Å². The number of pyridine rings is 1. The Morgan fingerprint density at radius 2 is 1.85 bits per heavy atom. The molecular formula is C21H14N4OS. The van der Waals surface area contributed by atoms with Crippen molar-refractivity contribution in [2.45, 2.75) is 0 Å². The SMILES string of the molecule is O=C(Nc1ccc(-c2nc3ccccc3s2)cc1)c1ccc2nccn2c1. The molecule has 0 radical (unpaired) electrons. The number of aromatic nitrogens is 3. The quantitative estimate of drug-likeness (QED) is 0.493. The molecule has 0 saturated carbocycles. The molecule has 0 unspecified atom stereocenters. The number of rotatable bonds is 3. The van der Waals surface area contributed by atoms with Crippen LogP contribution in [0.1, 0.15) is 10.4 Å². The number of carbonyl (C=O) groups is 1. The minimum absolute atomic E-state index is 0.154. The van der Waals surface area contributed by atoms with Crippen molar-refractivity contribution >= 4 is 38.8 Å². The van der Waals surface area contributed by atoms with Crippen LogP contribution in [0, 0.1) is 0 Å². The van der Waals surface area contributed by atoms with Gasteiger partial charge in [-0.05, 0) is 48.5 Å². The van der Waals surface area contributed by atoms with Crippen LogP contribution in [0.3, 0.4) is 0 Å². The highest BCUT2D eigenvalue weighted by Crippen LogP contribution is 2.30. The Bertz CT molecular complexity index is 1240. The van der Waals surface area contributed by atoms with Gasteiger partial charge in [0.15, 0.2) is 0 Å². The topological polar surface area (TPSA) is 59.3 Å². The molecule has 6 heteroatoms. The number of hydrogen-bond acceptors (Lipinski definition) is 4. The van der Waals surface area contributed by atoms with Crippen LogP contribution in [0.15, 0.2) is 79.3 Å². The van der Waals surface area contributed by atoms with E-state index in [0.29, 0.717) is 5.56 Å². The van der Waals surface area contributed by atoms with E-state index in [1.807, 2.05) is 59.1 Å². The van der Waals surface area contributed by atoms with E-state index in [0.717, 1.165) is 27.4 Å². The van der Waals surface area contributed by atoms with Crippen LogP contribution < -0.4 is 5.32 Å². The summed E-state index contributed by atoms with van der Waals surface area (Å²) in [5, 5.41) is 3.90. The number of anilines is 1. The van der Waals surface area contributed by atoms with Crippen LogP contribution in [-0.2, 0) is 0 Å². The molecule has 2 aromatic carbocycles. The summed E-state index contributed by atoms with van der Waals surface area (Å²) in [6.07, 6.45) is 5.30. The average molecular weight is 370 g/mol. The summed E-state index contributed by atoms with van der Waals surface area (Å²) in [6.45, 7) is 0. The summed E-state index contributed by atoms with van der Waals surface area (Å²) >= 11 is 1.66.